The van der Waals surface area contributed by atoms with Crippen LogP contribution in [-0.4, -0.2) is 35.2 Å². The van der Waals surface area contributed by atoms with E-state index in [-0.39, 0.29) is 18.5 Å². The summed E-state index contributed by atoms with van der Waals surface area (Å²) in [4.78, 5) is 37.5. The van der Waals surface area contributed by atoms with Gasteiger partial charge < -0.3 is 9.73 Å². The fraction of sp³-hybridized carbons (Fsp3) is 0.235. The molecule has 0 saturated heterocycles. The summed E-state index contributed by atoms with van der Waals surface area (Å²) in [6.07, 6.45) is 2.11. The van der Waals surface area contributed by atoms with Gasteiger partial charge in [0.05, 0.1) is 17.4 Å². The second-order valence-corrected chi connectivity index (χ2v) is 5.49. The number of rotatable bonds is 5. The van der Waals surface area contributed by atoms with E-state index in [2.05, 4.69) is 5.32 Å². The van der Waals surface area contributed by atoms with Gasteiger partial charge in [0.1, 0.15) is 12.3 Å². The number of nitrogens with one attached hydrogen (secondary N) is 1. The third-order valence-electron chi connectivity index (χ3n) is 3.67. The van der Waals surface area contributed by atoms with Gasteiger partial charge in [-0.1, -0.05) is 12.1 Å². The highest BCUT2D eigenvalue weighted by Crippen LogP contribution is 2.21. The van der Waals surface area contributed by atoms with Crippen molar-refractivity contribution in [3.63, 3.8) is 0 Å². The van der Waals surface area contributed by atoms with E-state index in [9.17, 15) is 14.4 Å². The summed E-state index contributed by atoms with van der Waals surface area (Å²) in [6.45, 7) is 1.55. The average molecular weight is 312 g/mol. The predicted octanol–water partition coefficient (Wildman–Crippen LogP) is 1.62. The number of hydrogen-bond donors (Lipinski definition) is 1. The van der Waals surface area contributed by atoms with Gasteiger partial charge in [0.15, 0.2) is 0 Å². The van der Waals surface area contributed by atoms with Gasteiger partial charge in [0, 0.05) is 12.5 Å². The van der Waals surface area contributed by atoms with E-state index in [4.69, 9.17) is 4.42 Å². The molecule has 1 aromatic carbocycles. The van der Waals surface area contributed by atoms with Crippen LogP contribution in [0.5, 0.6) is 0 Å². The van der Waals surface area contributed by atoms with Crippen LogP contribution in [0, 0.1) is 0 Å². The number of nitrogens with zero attached hydrogens (tertiary/aromatic N) is 1. The van der Waals surface area contributed by atoms with Gasteiger partial charge in [0.25, 0.3) is 11.8 Å². The maximum Gasteiger partial charge on any atom is 0.262 e. The minimum Gasteiger partial charge on any atom is -0.469 e. The Morgan fingerprint density at radius 1 is 1.13 bits per heavy atom. The first kappa shape index (κ1) is 15.0. The van der Waals surface area contributed by atoms with Crippen molar-refractivity contribution in [3.05, 3.63) is 59.5 Å². The zero-order chi connectivity index (χ0) is 16.4. The van der Waals surface area contributed by atoms with Crippen molar-refractivity contribution in [2.24, 2.45) is 0 Å². The van der Waals surface area contributed by atoms with Gasteiger partial charge in [-0.3, -0.25) is 19.3 Å². The van der Waals surface area contributed by atoms with E-state index in [0.29, 0.717) is 17.5 Å². The molecular weight excluding hydrogens is 296 g/mol. The van der Waals surface area contributed by atoms with Crippen LogP contribution in [0.1, 0.15) is 33.4 Å². The summed E-state index contributed by atoms with van der Waals surface area (Å²) in [5, 5.41) is 2.77. The van der Waals surface area contributed by atoms with E-state index < -0.39 is 11.8 Å². The topological polar surface area (TPSA) is 79.6 Å². The number of hydrogen-bond acceptors (Lipinski definition) is 4. The molecule has 0 spiro atoms. The van der Waals surface area contributed by atoms with E-state index >= 15 is 0 Å². The van der Waals surface area contributed by atoms with Crippen LogP contribution in [0.2, 0.25) is 0 Å². The minimum atomic E-state index is -0.431. The smallest absolute Gasteiger partial charge is 0.262 e. The first-order chi connectivity index (χ1) is 11.1. The molecule has 23 heavy (non-hydrogen) atoms. The summed E-state index contributed by atoms with van der Waals surface area (Å²) >= 11 is 0. The minimum absolute atomic E-state index is 0.163. The number of benzene rings is 1. The third-order valence-corrected chi connectivity index (χ3v) is 3.67. The molecule has 3 amide bonds. The molecular formula is C17H16N2O4. The highest BCUT2D eigenvalue weighted by Gasteiger charge is 2.36. The molecule has 0 bridgehead atoms. The summed E-state index contributed by atoms with van der Waals surface area (Å²) in [5.41, 5.74) is 0.683. The Bertz CT molecular complexity index is 717. The van der Waals surface area contributed by atoms with Gasteiger partial charge in [0.2, 0.25) is 5.91 Å². The molecule has 0 radical (unpaired) electrons. The fourth-order valence-corrected chi connectivity index (χ4v) is 2.63. The standard InChI is InChI=1S/C17H16N2O4/c1-11(9-12-5-4-8-23-12)18-15(20)10-19-16(21)13-6-2-3-7-14(13)17(19)22/h2-8,11H,9-10H2,1H3,(H,18,20). The lowest BCUT2D eigenvalue weighted by molar-refractivity contribution is -0.122. The van der Waals surface area contributed by atoms with Gasteiger partial charge in [-0.05, 0) is 31.2 Å². The van der Waals surface area contributed by atoms with E-state index in [1.54, 1.807) is 36.6 Å². The Labute approximate surface area is 133 Å². The summed E-state index contributed by atoms with van der Waals surface area (Å²) < 4.78 is 5.23. The molecule has 1 unspecified atom stereocenters. The molecule has 1 aliphatic rings. The Morgan fingerprint density at radius 2 is 1.78 bits per heavy atom. The molecule has 6 nitrogen and oxygen atoms in total. The third kappa shape index (κ3) is 3.01. The number of fused-ring (bicyclic) bond motifs is 1. The first-order valence-electron chi connectivity index (χ1n) is 7.33. The van der Waals surface area contributed by atoms with E-state index in [0.717, 1.165) is 10.7 Å². The number of furan rings is 1. The normalized spacial score (nSPS) is 14.7. The molecule has 6 heteroatoms. The molecule has 3 rings (SSSR count). The molecule has 0 fully saturated rings. The van der Waals surface area contributed by atoms with Crippen molar-refractivity contribution >= 4 is 17.7 Å². The molecule has 0 saturated carbocycles. The van der Waals surface area contributed by atoms with Crippen LogP contribution in [0.3, 0.4) is 0 Å². The maximum atomic E-state index is 12.2. The molecule has 2 heterocycles. The van der Waals surface area contributed by atoms with Gasteiger partial charge in [-0.25, -0.2) is 0 Å². The molecule has 1 aliphatic heterocycles. The molecule has 1 atom stereocenters. The van der Waals surface area contributed by atoms with Crippen LogP contribution in [0.4, 0.5) is 0 Å². The Morgan fingerprint density at radius 3 is 2.35 bits per heavy atom. The van der Waals surface area contributed by atoms with Crippen LogP contribution >= 0.6 is 0 Å². The zero-order valence-electron chi connectivity index (χ0n) is 12.6. The molecule has 118 valence electrons. The molecule has 1 N–H and O–H groups in total. The second kappa shape index (κ2) is 6.08. The average Bonchev–Trinajstić information content (AvgIpc) is 3.11. The van der Waals surface area contributed by atoms with Gasteiger partial charge in [-0.2, -0.15) is 0 Å². The SMILES string of the molecule is CC(Cc1ccco1)NC(=O)CN1C(=O)c2ccccc2C1=O. The zero-order valence-corrected chi connectivity index (χ0v) is 12.6. The van der Waals surface area contributed by atoms with Crippen LogP contribution in [0.25, 0.3) is 0 Å². The monoisotopic (exact) mass is 312 g/mol. The van der Waals surface area contributed by atoms with E-state index in [1.807, 2.05) is 13.0 Å². The van der Waals surface area contributed by atoms with Gasteiger partial charge in [-0.15, -0.1) is 0 Å². The number of amides is 3. The van der Waals surface area contributed by atoms with Gasteiger partial charge >= 0.3 is 0 Å². The van der Waals surface area contributed by atoms with Crippen molar-refractivity contribution < 1.29 is 18.8 Å². The largest absolute Gasteiger partial charge is 0.469 e. The summed E-state index contributed by atoms with van der Waals surface area (Å²) in [7, 11) is 0. The summed E-state index contributed by atoms with van der Waals surface area (Å²) in [6, 6.07) is 10.0. The van der Waals surface area contributed by atoms with Crippen LogP contribution < -0.4 is 5.32 Å². The highest BCUT2D eigenvalue weighted by molar-refractivity contribution is 6.22. The maximum absolute atomic E-state index is 12.2. The first-order valence-corrected chi connectivity index (χ1v) is 7.33. The van der Waals surface area contributed by atoms with Crippen molar-refractivity contribution in [2.45, 2.75) is 19.4 Å². The number of carbonyl (C=O) groups excluding carboxylic acids is 3. The fourth-order valence-electron chi connectivity index (χ4n) is 2.63. The van der Waals surface area contributed by atoms with Crippen molar-refractivity contribution in [1.29, 1.82) is 0 Å². The lowest BCUT2D eigenvalue weighted by Gasteiger charge is -2.16. The molecule has 1 aromatic heterocycles. The lowest BCUT2D eigenvalue weighted by atomic mass is 10.1. The van der Waals surface area contributed by atoms with Crippen LogP contribution in [-0.2, 0) is 11.2 Å². The Kier molecular flexibility index (Phi) is 3.97. The van der Waals surface area contributed by atoms with Crippen LogP contribution in [0.15, 0.2) is 47.1 Å². The highest BCUT2D eigenvalue weighted by atomic mass is 16.3. The predicted molar refractivity (Wildman–Crippen MR) is 81.8 cm³/mol. The number of imide groups is 1. The van der Waals surface area contributed by atoms with E-state index in [1.165, 1.54) is 0 Å². The summed E-state index contributed by atoms with van der Waals surface area (Å²) in [5.74, 6) is -0.476. The Hall–Kier alpha value is -2.89. The lowest BCUT2D eigenvalue weighted by Crippen LogP contribution is -2.43. The van der Waals surface area contributed by atoms with Crippen molar-refractivity contribution in [2.75, 3.05) is 6.54 Å². The quantitative estimate of drug-likeness (QED) is 0.851. The van der Waals surface area contributed by atoms with Crippen molar-refractivity contribution in [1.82, 2.24) is 10.2 Å². The second-order valence-electron chi connectivity index (χ2n) is 5.49. The molecule has 0 aliphatic carbocycles. The Balaban J connectivity index is 1.60. The molecule has 2 aromatic rings. The van der Waals surface area contributed by atoms with Crippen molar-refractivity contribution in [3.8, 4) is 0 Å². The number of carbonyl (C=O) groups is 3.